The minimum absolute atomic E-state index is 0.889. The molecule has 0 fully saturated rings. The van der Waals surface area contributed by atoms with Crippen molar-refractivity contribution in [3.05, 3.63) is 11.8 Å². The minimum atomic E-state index is 0.889. The maximum Gasteiger partial charge on any atom is 0.192 e. The smallest absolute Gasteiger partial charge is 0.192 e. The summed E-state index contributed by atoms with van der Waals surface area (Å²) in [5.74, 6) is 0. The largest absolute Gasteiger partial charge is 0.402 e. The standard InChI is InChI=1S/C5H8NO/c1-5-3-6(2)7-4-5/h3H2,1-2H3. The maximum atomic E-state index is 4.81. The highest BCUT2D eigenvalue weighted by atomic mass is 16.7. The lowest BCUT2D eigenvalue weighted by molar-refractivity contribution is -0.0604. The van der Waals surface area contributed by atoms with Crippen LogP contribution in [0, 0.1) is 6.26 Å². The van der Waals surface area contributed by atoms with E-state index in [-0.39, 0.29) is 0 Å². The van der Waals surface area contributed by atoms with Gasteiger partial charge in [-0.05, 0) is 12.5 Å². The predicted octanol–water partition coefficient (Wildman–Crippen LogP) is 0.570. The molecule has 0 spiro atoms. The Bertz CT molecular complexity index is 98.3. The summed E-state index contributed by atoms with van der Waals surface area (Å²) in [6, 6.07) is 0. The molecule has 0 saturated carbocycles. The number of nitrogens with zero attached hydrogens (tertiary/aromatic N) is 1. The molecule has 39 valence electrons. The van der Waals surface area contributed by atoms with Gasteiger partial charge in [0.15, 0.2) is 6.26 Å². The summed E-state index contributed by atoms with van der Waals surface area (Å²) in [4.78, 5) is 4.81. The average Bonchev–Trinajstić information content (AvgIpc) is 1.87. The molecule has 0 aliphatic carbocycles. The molecule has 1 aliphatic heterocycles. The number of rotatable bonds is 0. The van der Waals surface area contributed by atoms with E-state index < -0.39 is 0 Å². The Morgan fingerprint density at radius 2 is 2.57 bits per heavy atom. The van der Waals surface area contributed by atoms with Crippen molar-refractivity contribution in [1.29, 1.82) is 0 Å². The summed E-state index contributed by atoms with van der Waals surface area (Å²) >= 11 is 0. The highest BCUT2D eigenvalue weighted by molar-refractivity contribution is 4.93. The zero-order valence-electron chi connectivity index (χ0n) is 4.56. The van der Waals surface area contributed by atoms with E-state index in [9.17, 15) is 0 Å². The van der Waals surface area contributed by atoms with E-state index in [2.05, 4.69) is 6.26 Å². The van der Waals surface area contributed by atoms with Crippen LogP contribution in [0.5, 0.6) is 0 Å². The van der Waals surface area contributed by atoms with Gasteiger partial charge < -0.3 is 4.84 Å². The molecule has 0 amide bonds. The van der Waals surface area contributed by atoms with Gasteiger partial charge in [-0.25, -0.2) is 0 Å². The summed E-state index contributed by atoms with van der Waals surface area (Å²) in [6.45, 7) is 2.88. The molecule has 2 heteroatoms. The van der Waals surface area contributed by atoms with E-state index in [0.717, 1.165) is 12.1 Å². The van der Waals surface area contributed by atoms with Crippen LogP contribution in [0.4, 0.5) is 0 Å². The summed E-state index contributed by atoms with van der Waals surface area (Å²) in [7, 11) is 1.88. The second-order valence-corrected chi connectivity index (χ2v) is 1.76. The highest BCUT2D eigenvalue weighted by Gasteiger charge is 2.05. The summed E-state index contributed by atoms with van der Waals surface area (Å²) in [5.41, 5.74) is 1.16. The lowest BCUT2D eigenvalue weighted by Crippen LogP contribution is -2.11. The zero-order chi connectivity index (χ0) is 5.28. The highest BCUT2D eigenvalue weighted by Crippen LogP contribution is 2.03. The van der Waals surface area contributed by atoms with Crippen LogP contribution in [0.25, 0.3) is 0 Å². The normalized spacial score (nSPS) is 21.7. The summed E-state index contributed by atoms with van der Waals surface area (Å²) < 4.78 is 0. The van der Waals surface area contributed by atoms with Crippen LogP contribution in [0.15, 0.2) is 5.57 Å². The lowest BCUT2D eigenvalue weighted by Gasteiger charge is -2.02. The van der Waals surface area contributed by atoms with E-state index in [1.54, 1.807) is 5.06 Å². The second-order valence-electron chi connectivity index (χ2n) is 1.76. The third-order valence-corrected chi connectivity index (χ3v) is 0.836. The van der Waals surface area contributed by atoms with E-state index in [1.807, 2.05) is 14.0 Å². The number of hydrogen-bond donors (Lipinski definition) is 0. The molecular formula is C5H8NO. The number of likely N-dealkylation sites (N-methyl/N-ethyl adjacent to an activating group) is 1. The summed E-state index contributed by atoms with van der Waals surface area (Å²) in [6.07, 6.45) is 2.71. The third kappa shape index (κ3) is 0.933. The van der Waals surface area contributed by atoms with Gasteiger partial charge in [-0.1, -0.05) is 0 Å². The van der Waals surface area contributed by atoms with Crippen molar-refractivity contribution < 1.29 is 4.84 Å². The van der Waals surface area contributed by atoms with Gasteiger partial charge in [-0.3, -0.25) is 0 Å². The van der Waals surface area contributed by atoms with Crippen molar-refractivity contribution >= 4 is 0 Å². The van der Waals surface area contributed by atoms with Crippen LogP contribution in [0.3, 0.4) is 0 Å². The van der Waals surface area contributed by atoms with Gasteiger partial charge in [-0.2, -0.15) is 0 Å². The van der Waals surface area contributed by atoms with Crippen LogP contribution in [0.1, 0.15) is 6.92 Å². The Hall–Kier alpha value is -0.500. The predicted molar refractivity (Wildman–Crippen MR) is 26.1 cm³/mol. The quantitative estimate of drug-likeness (QED) is 0.439. The molecule has 0 N–H and O–H groups in total. The Morgan fingerprint density at radius 1 is 1.86 bits per heavy atom. The van der Waals surface area contributed by atoms with E-state index in [1.165, 1.54) is 0 Å². The van der Waals surface area contributed by atoms with Crippen molar-refractivity contribution in [2.24, 2.45) is 0 Å². The molecule has 7 heavy (non-hydrogen) atoms. The Labute approximate surface area is 43.3 Å². The lowest BCUT2D eigenvalue weighted by atomic mass is 10.4. The van der Waals surface area contributed by atoms with Crippen LogP contribution in [0.2, 0.25) is 0 Å². The van der Waals surface area contributed by atoms with E-state index in [4.69, 9.17) is 4.84 Å². The van der Waals surface area contributed by atoms with Gasteiger partial charge in [0.05, 0.1) is 6.54 Å². The molecule has 0 aromatic heterocycles. The first-order valence-electron chi connectivity index (χ1n) is 2.25. The van der Waals surface area contributed by atoms with Gasteiger partial charge in [-0.15, -0.1) is 5.06 Å². The van der Waals surface area contributed by atoms with Crippen molar-refractivity contribution in [3.63, 3.8) is 0 Å². The molecule has 0 saturated heterocycles. The van der Waals surface area contributed by atoms with Gasteiger partial charge in [0.2, 0.25) is 0 Å². The van der Waals surface area contributed by atoms with Gasteiger partial charge in [0.25, 0.3) is 0 Å². The van der Waals surface area contributed by atoms with Crippen molar-refractivity contribution in [3.8, 4) is 0 Å². The Kier molecular flexibility index (Phi) is 1.02. The van der Waals surface area contributed by atoms with Gasteiger partial charge >= 0.3 is 0 Å². The number of hydrogen-bond acceptors (Lipinski definition) is 2. The SMILES string of the molecule is CC1=[C]ON(C)C1. The molecular weight excluding hydrogens is 90.1 g/mol. The maximum absolute atomic E-state index is 4.81. The van der Waals surface area contributed by atoms with Crippen molar-refractivity contribution in [2.75, 3.05) is 13.6 Å². The van der Waals surface area contributed by atoms with Crippen molar-refractivity contribution in [2.45, 2.75) is 6.92 Å². The molecule has 0 unspecified atom stereocenters. The second kappa shape index (κ2) is 1.54. The number of hydroxylamine groups is 2. The monoisotopic (exact) mass is 98.1 g/mol. The first-order valence-corrected chi connectivity index (χ1v) is 2.25. The van der Waals surface area contributed by atoms with Crippen LogP contribution in [-0.4, -0.2) is 18.7 Å². The molecule has 1 heterocycles. The van der Waals surface area contributed by atoms with E-state index in [0.29, 0.717) is 0 Å². The fraction of sp³-hybridized carbons (Fsp3) is 0.600. The third-order valence-electron chi connectivity index (χ3n) is 0.836. The fourth-order valence-electron chi connectivity index (χ4n) is 0.554. The molecule has 0 aromatic carbocycles. The van der Waals surface area contributed by atoms with Crippen LogP contribution < -0.4 is 0 Å². The zero-order valence-corrected chi connectivity index (χ0v) is 4.56. The molecule has 1 radical (unpaired) electrons. The molecule has 1 aliphatic rings. The van der Waals surface area contributed by atoms with Crippen LogP contribution in [-0.2, 0) is 4.84 Å². The first kappa shape index (κ1) is 4.65. The average molecular weight is 98.1 g/mol. The van der Waals surface area contributed by atoms with E-state index >= 15 is 0 Å². The molecule has 0 bridgehead atoms. The Balaban J connectivity index is 2.42. The first-order chi connectivity index (χ1) is 3.29. The van der Waals surface area contributed by atoms with Gasteiger partial charge in [0, 0.05) is 7.05 Å². The molecule has 1 rings (SSSR count). The summed E-state index contributed by atoms with van der Waals surface area (Å²) in [5, 5.41) is 1.73. The Morgan fingerprint density at radius 3 is 2.71 bits per heavy atom. The minimum Gasteiger partial charge on any atom is -0.402 e. The van der Waals surface area contributed by atoms with Crippen molar-refractivity contribution in [1.82, 2.24) is 5.06 Å². The van der Waals surface area contributed by atoms with Crippen LogP contribution >= 0.6 is 0 Å². The fourth-order valence-corrected chi connectivity index (χ4v) is 0.554. The molecule has 2 nitrogen and oxygen atoms in total. The molecule has 0 aromatic rings. The van der Waals surface area contributed by atoms with Gasteiger partial charge in [0.1, 0.15) is 0 Å². The molecule has 0 atom stereocenters. The topological polar surface area (TPSA) is 12.5 Å².